The lowest BCUT2D eigenvalue weighted by molar-refractivity contribution is 0.161. The van der Waals surface area contributed by atoms with E-state index in [1.807, 2.05) is 36.4 Å². The van der Waals surface area contributed by atoms with Crippen LogP contribution in [-0.2, 0) is 19.6 Å². The van der Waals surface area contributed by atoms with Gasteiger partial charge in [0.05, 0.1) is 19.4 Å². The first-order chi connectivity index (χ1) is 18.0. The van der Waals surface area contributed by atoms with Crippen molar-refractivity contribution in [3.8, 4) is 5.75 Å². The van der Waals surface area contributed by atoms with Crippen LogP contribution in [0.4, 0.5) is 0 Å². The standard InChI is InChI=1S/C28H30N6O3/c1-4-26(27-30-31-32-34(27)18-24-6-5-13-37-24)33(16-20-9-7-19(2)8-10-20)17-22-14-21-15-23(36-3)11-12-25(21)29-28(22)35/h5-15,26H,4,16-18H2,1-3H3,(H,29,35)/t26-/m1/s1. The lowest BCUT2D eigenvalue weighted by Crippen LogP contribution is -2.32. The highest BCUT2D eigenvalue weighted by Crippen LogP contribution is 2.27. The van der Waals surface area contributed by atoms with Gasteiger partial charge in [-0.3, -0.25) is 9.69 Å². The van der Waals surface area contributed by atoms with E-state index in [-0.39, 0.29) is 11.6 Å². The number of H-pyrrole nitrogens is 1. The number of benzene rings is 2. The number of nitrogens with zero attached hydrogens (tertiary/aromatic N) is 5. The number of tetrazole rings is 1. The van der Waals surface area contributed by atoms with Crippen LogP contribution in [-0.4, -0.2) is 37.2 Å². The van der Waals surface area contributed by atoms with Gasteiger partial charge in [-0.1, -0.05) is 36.8 Å². The third-order valence-corrected chi connectivity index (χ3v) is 6.58. The summed E-state index contributed by atoms with van der Waals surface area (Å²) in [5, 5.41) is 13.5. The van der Waals surface area contributed by atoms with Crippen molar-refractivity contribution in [2.75, 3.05) is 7.11 Å². The fourth-order valence-electron chi connectivity index (χ4n) is 4.61. The monoisotopic (exact) mass is 498 g/mol. The number of hydrogen-bond acceptors (Lipinski definition) is 7. The van der Waals surface area contributed by atoms with E-state index >= 15 is 0 Å². The second-order valence-electron chi connectivity index (χ2n) is 9.17. The van der Waals surface area contributed by atoms with Crippen LogP contribution < -0.4 is 10.3 Å². The van der Waals surface area contributed by atoms with Crippen LogP contribution in [0.2, 0.25) is 0 Å². The number of aromatic amines is 1. The van der Waals surface area contributed by atoms with E-state index in [0.29, 0.717) is 25.2 Å². The molecule has 0 unspecified atom stereocenters. The Morgan fingerprint density at radius 3 is 2.68 bits per heavy atom. The van der Waals surface area contributed by atoms with Gasteiger partial charge in [0.1, 0.15) is 18.1 Å². The molecule has 0 fully saturated rings. The zero-order valence-corrected chi connectivity index (χ0v) is 21.2. The van der Waals surface area contributed by atoms with E-state index in [1.54, 1.807) is 18.1 Å². The van der Waals surface area contributed by atoms with Crippen LogP contribution >= 0.6 is 0 Å². The maximum Gasteiger partial charge on any atom is 0.252 e. The summed E-state index contributed by atoms with van der Waals surface area (Å²) in [4.78, 5) is 18.4. The maximum atomic E-state index is 13.1. The van der Waals surface area contributed by atoms with E-state index in [9.17, 15) is 4.79 Å². The Morgan fingerprint density at radius 2 is 1.95 bits per heavy atom. The van der Waals surface area contributed by atoms with Gasteiger partial charge in [-0.05, 0) is 65.7 Å². The highest BCUT2D eigenvalue weighted by atomic mass is 16.5. The van der Waals surface area contributed by atoms with Crippen LogP contribution in [0.15, 0.2) is 76.1 Å². The second kappa shape index (κ2) is 10.8. The van der Waals surface area contributed by atoms with Gasteiger partial charge in [0.15, 0.2) is 5.82 Å². The molecule has 2 aromatic carbocycles. The zero-order valence-electron chi connectivity index (χ0n) is 21.2. The molecule has 0 spiro atoms. The first-order valence-electron chi connectivity index (χ1n) is 12.3. The number of aryl methyl sites for hydroxylation is 1. The second-order valence-corrected chi connectivity index (χ2v) is 9.17. The number of furan rings is 1. The summed E-state index contributed by atoms with van der Waals surface area (Å²) < 4.78 is 12.7. The van der Waals surface area contributed by atoms with Crippen molar-refractivity contribution >= 4 is 10.9 Å². The predicted molar refractivity (Wildman–Crippen MR) is 140 cm³/mol. The van der Waals surface area contributed by atoms with E-state index in [4.69, 9.17) is 9.15 Å². The summed E-state index contributed by atoms with van der Waals surface area (Å²) >= 11 is 0. The van der Waals surface area contributed by atoms with Crippen molar-refractivity contribution in [3.05, 3.63) is 106 Å². The molecular weight excluding hydrogens is 468 g/mol. The Morgan fingerprint density at radius 1 is 1.11 bits per heavy atom. The zero-order chi connectivity index (χ0) is 25.8. The molecule has 0 radical (unpaired) electrons. The van der Waals surface area contributed by atoms with Gasteiger partial charge >= 0.3 is 0 Å². The minimum atomic E-state index is -0.133. The highest BCUT2D eigenvalue weighted by molar-refractivity contribution is 5.80. The largest absolute Gasteiger partial charge is 0.497 e. The Hall–Kier alpha value is -4.24. The smallest absolute Gasteiger partial charge is 0.252 e. The highest BCUT2D eigenvalue weighted by Gasteiger charge is 2.26. The summed E-state index contributed by atoms with van der Waals surface area (Å²) in [6.45, 7) is 5.65. The maximum absolute atomic E-state index is 13.1. The molecule has 0 aliphatic rings. The number of hydrogen-bond donors (Lipinski definition) is 1. The van der Waals surface area contributed by atoms with Gasteiger partial charge in [-0.25, -0.2) is 4.68 Å². The number of methoxy groups -OCH3 is 1. The lowest BCUT2D eigenvalue weighted by atomic mass is 10.1. The number of pyridine rings is 1. The number of ether oxygens (including phenoxy) is 1. The summed E-state index contributed by atoms with van der Waals surface area (Å²) in [6.07, 6.45) is 2.39. The SMILES string of the molecule is CC[C@H](c1nnnn1Cc1ccco1)N(Cc1ccc(C)cc1)Cc1cc2cc(OC)ccc2[nH]c1=O. The van der Waals surface area contributed by atoms with Crippen LogP contribution in [0.1, 0.15) is 47.7 Å². The first kappa shape index (κ1) is 24.5. The van der Waals surface area contributed by atoms with Crippen molar-refractivity contribution in [2.24, 2.45) is 0 Å². The Balaban J connectivity index is 1.52. The van der Waals surface area contributed by atoms with Gasteiger partial charge in [0, 0.05) is 29.6 Å². The summed E-state index contributed by atoms with van der Waals surface area (Å²) in [6, 6.07) is 19.6. The molecule has 3 aromatic heterocycles. The number of aromatic nitrogens is 5. The van der Waals surface area contributed by atoms with Crippen LogP contribution in [0.3, 0.4) is 0 Å². The Labute approximate surface area is 214 Å². The van der Waals surface area contributed by atoms with Crippen molar-refractivity contribution in [1.82, 2.24) is 30.1 Å². The normalized spacial score (nSPS) is 12.3. The summed E-state index contributed by atoms with van der Waals surface area (Å²) in [5.41, 5.74) is 3.67. The van der Waals surface area contributed by atoms with Gasteiger partial charge in [0.2, 0.25) is 0 Å². The molecule has 0 amide bonds. The molecule has 0 saturated heterocycles. The minimum absolute atomic E-state index is 0.114. The average Bonchev–Trinajstić information content (AvgIpc) is 3.59. The van der Waals surface area contributed by atoms with Crippen LogP contribution in [0.5, 0.6) is 5.75 Å². The molecule has 5 rings (SSSR count). The predicted octanol–water partition coefficient (Wildman–Crippen LogP) is 4.63. The summed E-state index contributed by atoms with van der Waals surface area (Å²) in [7, 11) is 1.63. The molecule has 1 atom stereocenters. The lowest BCUT2D eigenvalue weighted by Gasteiger charge is -2.30. The van der Waals surface area contributed by atoms with Gasteiger partial charge in [-0.15, -0.1) is 5.10 Å². The molecule has 0 aliphatic heterocycles. The average molecular weight is 499 g/mol. The van der Waals surface area contributed by atoms with E-state index in [1.165, 1.54) is 5.56 Å². The molecule has 3 heterocycles. The van der Waals surface area contributed by atoms with Crippen LogP contribution in [0.25, 0.3) is 10.9 Å². The quantitative estimate of drug-likeness (QED) is 0.300. The number of rotatable bonds is 10. The van der Waals surface area contributed by atoms with Gasteiger partial charge in [-0.2, -0.15) is 0 Å². The number of nitrogens with one attached hydrogen (secondary N) is 1. The minimum Gasteiger partial charge on any atom is -0.497 e. The molecule has 5 aromatic rings. The van der Waals surface area contributed by atoms with Crippen molar-refractivity contribution in [2.45, 2.75) is 45.9 Å². The van der Waals surface area contributed by atoms with Crippen molar-refractivity contribution in [3.63, 3.8) is 0 Å². The molecule has 0 saturated carbocycles. The summed E-state index contributed by atoms with van der Waals surface area (Å²) in [5.74, 6) is 2.24. The third kappa shape index (κ3) is 5.46. The molecule has 9 heteroatoms. The van der Waals surface area contributed by atoms with E-state index in [2.05, 4.69) is 63.5 Å². The van der Waals surface area contributed by atoms with E-state index < -0.39 is 0 Å². The van der Waals surface area contributed by atoms with Crippen molar-refractivity contribution in [1.29, 1.82) is 0 Å². The Bertz CT molecular complexity index is 1520. The Kier molecular flexibility index (Phi) is 7.14. The molecule has 0 bridgehead atoms. The third-order valence-electron chi connectivity index (χ3n) is 6.58. The van der Waals surface area contributed by atoms with Gasteiger partial charge < -0.3 is 14.1 Å². The molecular formula is C28H30N6O3. The van der Waals surface area contributed by atoms with Crippen LogP contribution in [0, 0.1) is 6.92 Å². The molecule has 190 valence electrons. The first-order valence-corrected chi connectivity index (χ1v) is 12.3. The topological polar surface area (TPSA) is 102 Å². The van der Waals surface area contributed by atoms with Gasteiger partial charge in [0.25, 0.3) is 5.56 Å². The molecule has 9 nitrogen and oxygen atoms in total. The van der Waals surface area contributed by atoms with E-state index in [0.717, 1.165) is 40.2 Å². The fourth-order valence-corrected chi connectivity index (χ4v) is 4.61. The molecule has 0 aliphatic carbocycles. The number of fused-ring (bicyclic) bond motifs is 1. The molecule has 37 heavy (non-hydrogen) atoms. The van der Waals surface area contributed by atoms with Crippen molar-refractivity contribution < 1.29 is 9.15 Å². The molecule has 1 N–H and O–H groups in total. The fraction of sp³-hybridized carbons (Fsp3) is 0.286.